The molecule has 0 unspecified atom stereocenters. The summed E-state index contributed by atoms with van der Waals surface area (Å²) in [4.78, 5) is 0. The largest absolute Gasteiger partial charge is 0.456 e. The third-order valence-electron chi connectivity index (χ3n) is 13.5. The van der Waals surface area contributed by atoms with E-state index in [9.17, 15) is 0 Å². The third-order valence-corrected chi connectivity index (χ3v) is 18.2. The lowest BCUT2D eigenvalue weighted by atomic mass is 10.00. The molecule has 4 heteroatoms. The number of hydrogen-bond acceptors (Lipinski definition) is 1. The van der Waals surface area contributed by atoms with E-state index in [0.717, 1.165) is 44.4 Å². The Labute approximate surface area is 371 Å². The summed E-state index contributed by atoms with van der Waals surface area (Å²) in [5.74, 6) is 0. The Hall–Kier alpha value is -8.18. The van der Waals surface area contributed by atoms with Gasteiger partial charge < -0.3 is 13.6 Å². The lowest BCUT2D eigenvalue weighted by molar-refractivity contribution is 0.669. The van der Waals surface area contributed by atoms with Gasteiger partial charge in [0.15, 0.2) is 8.07 Å². The Morgan fingerprint density at radius 3 is 1.52 bits per heavy atom. The maximum Gasteiger partial charge on any atom is 0.179 e. The molecule has 10 aromatic carbocycles. The molecule has 0 aliphatic rings. The second-order valence-electron chi connectivity index (χ2n) is 16.8. The van der Waals surface area contributed by atoms with E-state index in [0.29, 0.717) is 0 Å². The van der Waals surface area contributed by atoms with Crippen molar-refractivity contribution in [2.24, 2.45) is 0 Å². The van der Waals surface area contributed by atoms with Crippen molar-refractivity contribution in [2.75, 3.05) is 0 Å². The van der Waals surface area contributed by atoms with Gasteiger partial charge in [0.2, 0.25) is 0 Å². The molecular formula is C60H40N2OSi. The highest BCUT2D eigenvalue weighted by atomic mass is 28.3. The average Bonchev–Trinajstić information content (AvgIpc) is 4.03. The minimum atomic E-state index is -2.78. The zero-order valence-electron chi connectivity index (χ0n) is 34.9. The van der Waals surface area contributed by atoms with Gasteiger partial charge in [-0.3, -0.25) is 0 Å². The molecule has 0 spiro atoms. The number of fused-ring (bicyclic) bond motifs is 9. The van der Waals surface area contributed by atoms with Crippen LogP contribution in [0.2, 0.25) is 0 Å². The van der Waals surface area contributed by atoms with Crippen LogP contribution in [0.4, 0.5) is 0 Å². The van der Waals surface area contributed by atoms with Gasteiger partial charge >= 0.3 is 0 Å². The van der Waals surface area contributed by atoms with E-state index >= 15 is 0 Å². The highest BCUT2D eigenvalue weighted by Gasteiger charge is 2.41. The summed E-state index contributed by atoms with van der Waals surface area (Å²) < 4.78 is 11.2. The zero-order chi connectivity index (χ0) is 42.2. The first-order valence-electron chi connectivity index (χ1n) is 22.0. The molecule has 0 N–H and O–H groups in total. The van der Waals surface area contributed by atoms with Gasteiger partial charge in [0.05, 0.1) is 22.1 Å². The van der Waals surface area contributed by atoms with Crippen LogP contribution >= 0.6 is 0 Å². The lowest BCUT2D eigenvalue weighted by Crippen LogP contribution is -2.74. The molecule has 13 aromatic rings. The third kappa shape index (κ3) is 5.39. The van der Waals surface area contributed by atoms with Gasteiger partial charge in [-0.05, 0) is 80.9 Å². The topological polar surface area (TPSA) is 23.0 Å². The standard InChI is InChI=1S/C60H40N2OSi/c1-4-19-44(20-5-1)64(45-21-6-2-7-22-45,46-23-8-3-9-24-46)47-25-16-18-42(39-47)61-55-31-13-10-26-49(55)51-36-35-43(40-57(51)61)62-56-32-14-11-27-50(56)53-30-17-29-48(60(53)62)41-34-37-59-54(38-41)52-28-12-15-33-58(52)63-59/h1-40H. The Kier molecular flexibility index (Phi) is 8.23. The minimum absolute atomic E-state index is 0.899. The molecule has 3 nitrogen and oxygen atoms in total. The fraction of sp³-hybridized carbons (Fsp3) is 0. The quantitative estimate of drug-likeness (QED) is 0.116. The summed E-state index contributed by atoms with van der Waals surface area (Å²) >= 11 is 0. The highest BCUT2D eigenvalue weighted by molar-refractivity contribution is 7.19. The normalized spacial score (nSPS) is 12.1. The second-order valence-corrected chi connectivity index (χ2v) is 20.6. The Bertz CT molecular complexity index is 3800. The number of hydrogen-bond donors (Lipinski definition) is 0. The lowest BCUT2D eigenvalue weighted by Gasteiger charge is -2.34. The van der Waals surface area contributed by atoms with E-state index < -0.39 is 8.07 Å². The summed E-state index contributed by atoms with van der Waals surface area (Å²) in [6.07, 6.45) is 0. The van der Waals surface area contributed by atoms with Crippen LogP contribution in [0.25, 0.3) is 88.1 Å². The molecular weight excluding hydrogens is 793 g/mol. The summed E-state index contributed by atoms with van der Waals surface area (Å²) in [5.41, 5.74) is 11.1. The Morgan fingerprint density at radius 1 is 0.297 bits per heavy atom. The van der Waals surface area contributed by atoms with Gasteiger partial charge in [-0.25, -0.2) is 0 Å². The molecule has 0 aliphatic heterocycles. The van der Waals surface area contributed by atoms with E-state index in [4.69, 9.17) is 4.42 Å². The van der Waals surface area contributed by atoms with Gasteiger partial charge in [0, 0.05) is 49.3 Å². The number of aromatic nitrogens is 2. The second kappa shape index (κ2) is 14.5. The number of para-hydroxylation sites is 4. The van der Waals surface area contributed by atoms with Gasteiger partial charge in [0.25, 0.3) is 0 Å². The van der Waals surface area contributed by atoms with E-state index in [1.807, 2.05) is 12.1 Å². The van der Waals surface area contributed by atoms with Crippen molar-refractivity contribution in [1.82, 2.24) is 9.13 Å². The zero-order valence-corrected chi connectivity index (χ0v) is 35.9. The van der Waals surface area contributed by atoms with Gasteiger partial charge in [0.1, 0.15) is 11.2 Å². The molecule has 0 aliphatic carbocycles. The molecule has 0 atom stereocenters. The SMILES string of the molecule is c1ccc([Si](c2ccccc2)(c2ccccc2)c2cccc(-n3c4ccccc4c4ccc(-n5c6ccccc6c6cccc(-c7ccc8oc9ccccc9c8c7)c65)cc43)c2)cc1. The van der Waals surface area contributed by atoms with Crippen LogP contribution in [-0.4, -0.2) is 17.2 Å². The number of benzene rings is 10. The summed E-state index contributed by atoms with van der Waals surface area (Å²) in [5, 5.41) is 12.6. The molecule has 3 aromatic heterocycles. The predicted molar refractivity (Wildman–Crippen MR) is 271 cm³/mol. The smallest absolute Gasteiger partial charge is 0.179 e. The first-order chi connectivity index (χ1) is 31.8. The average molecular weight is 833 g/mol. The molecule has 0 amide bonds. The van der Waals surface area contributed by atoms with Crippen molar-refractivity contribution in [1.29, 1.82) is 0 Å². The monoisotopic (exact) mass is 832 g/mol. The summed E-state index contributed by atoms with van der Waals surface area (Å²) in [7, 11) is -2.78. The predicted octanol–water partition coefficient (Wildman–Crippen LogP) is 12.8. The fourth-order valence-corrected chi connectivity index (χ4v) is 15.5. The first-order valence-corrected chi connectivity index (χ1v) is 24.0. The van der Waals surface area contributed by atoms with Gasteiger partial charge in [-0.2, -0.15) is 0 Å². The highest BCUT2D eigenvalue weighted by Crippen LogP contribution is 2.41. The van der Waals surface area contributed by atoms with Crippen molar-refractivity contribution in [3.05, 3.63) is 243 Å². The molecule has 0 bridgehead atoms. The molecule has 3 heterocycles. The van der Waals surface area contributed by atoms with E-state index in [1.54, 1.807) is 0 Å². The minimum Gasteiger partial charge on any atom is -0.456 e. The van der Waals surface area contributed by atoms with E-state index in [2.05, 4.69) is 240 Å². The van der Waals surface area contributed by atoms with Crippen molar-refractivity contribution < 1.29 is 4.42 Å². The number of rotatable bonds is 7. The van der Waals surface area contributed by atoms with Gasteiger partial charge in [-0.1, -0.05) is 188 Å². The van der Waals surface area contributed by atoms with E-state index in [1.165, 1.54) is 64.4 Å². The number of nitrogens with zero attached hydrogens (tertiary/aromatic N) is 2. The molecule has 300 valence electrons. The van der Waals surface area contributed by atoms with Crippen molar-refractivity contribution >= 4 is 94.4 Å². The van der Waals surface area contributed by atoms with Crippen LogP contribution in [0.15, 0.2) is 247 Å². The molecule has 0 saturated carbocycles. The molecule has 0 fully saturated rings. The van der Waals surface area contributed by atoms with Crippen LogP contribution in [0.3, 0.4) is 0 Å². The molecule has 13 rings (SSSR count). The van der Waals surface area contributed by atoms with Crippen molar-refractivity contribution in [3.63, 3.8) is 0 Å². The number of furan rings is 1. The van der Waals surface area contributed by atoms with Crippen LogP contribution in [0.5, 0.6) is 0 Å². The molecule has 0 saturated heterocycles. The van der Waals surface area contributed by atoms with Crippen LogP contribution in [0, 0.1) is 0 Å². The first kappa shape index (κ1) is 36.5. The maximum absolute atomic E-state index is 6.27. The van der Waals surface area contributed by atoms with E-state index in [-0.39, 0.29) is 0 Å². The van der Waals surface area contributed by atoms with Crippen LogP contribution < -0.4 is 20.7 Å². The Morgan fingerprint density at radius 2 is 0.812 bits per heavy atom. The van der Waals surface area contributed by atoms with Gasteiger partial charge in [-0.15, -0.1) is 0 Å². The molecule has 0 radical (unpaired) electrons. The Balaban J connectivity index is 1.07. The van der Waals surface area contributed by atoms with Crippen LogP contribution in [0.1, 0.15) is 0 Å². The summed E-state index contributed by atoms with van der Waals surface area (Å²) in [6, 6.07) is 89.4. The van der Waals surface area contributed by atoms with Crippen molar-refractivity contribution in [3.8, 4) is 22.5 Å². The van der Waals surface area contributed by atoms with Crippen molar-refractivity contribution in [2.45, 2.75) is 0 Å². The fourth-order valence-electron chi connectivity index (χ4n) is 10.7. The maximum atomic E-state index is 6.27. The summed E-state index contributed by atoms with van der Waals surface area (Å²) in [6.45, 7) is 0. The molecule has 64 heavy (non-hydrogen) atoms. The van der Waals surface area contributed by atoms with Crippen LogP contribution in [-0.2, 0) is 0 Å².